The zero-order valence-electron chi connectivity index (χ0n) is 11.8. The van der Waals surface area contributed by atoms with Gasteiger partial charge < -0.3 is 5.73 Å². The van der Waals surface area contributed by atoms with Crippen molar-refractivity contribution >= 4 is 21.6 Å². The van der Waals surface area contributed by atoms with Gasteiger partial charge in [0, 0.05) is 16.2 Å². The summed E-state index contributed by atoms with van der Waals surface area (Å²) in [7, 11) is 0. The normalized spacial score (nSPS) is 10.8. The van der Waals surface area contributed by atoms with Gasteiger partial charge in [0.1, 0.15) is 5.69 Å². The van der Waals surface area contributed by atoms with Gasteiger partial charge in [0.05, 0.1) is 12.2 Å². The molecule has 106 valence electrons. The van der Waals surface area contributed by atoms with E-state index in [0.717, 1.165) is 15.7 Å². The first-order valence-electron chi connectivity index (χ1n) is 6.76. The highest BCUT2D eigenvalue weighted by Crippen LogP contribution is 2.25. The Labute approximate surface area is 132 Å². The number of nitrogens with two attached hydrogens (primary N) is 1. The lowest BCUT2D eigenvalue weighted by Crippen LogP contribution is -2.00. The summed E-state index contributed by atoms with van der Waals surface area (Å²) in [6.45, 7) is 2.78. The number of aromatic nitrogens is 2. The van der Waals surface area contributed by atoms with Gasteiger partial charge in [-0.15, -0.1) is 0 Å². The van der Waals surface area contributed by atoms with Crippen LogP contribution in [0.3, 0.4) is 0 Å². The molecule has 0 bridgehead atoms. The van der Waals surface area contributed by atoms with Crippen LogP contribution in [0.1, 0.15) is 11.1 Å². The SMILES string of the molecule is Cc1cccc(-c2nn(Cc3ccc(Br)cc3)cc2N)c1. The van der Waals surface area contributed by atoms with Crippen LogP contribution in [0.15, 0.2) is 59.2 Å². The van der Waals surface area contributed by atoms with Crippen LogP contribution < -0.4 is 5.73 Å². The van der Waals surface area contributed by atoms with Gasteiger partial charge >= 0.3 is 0 Å². The number of rotatable bonds is 3. The number of nitrogens with zero attached hydrogens (tertiary/aromatic N) is 2. The molecule has 0 fully saturated rings. The number of anilines is 1. The van der Waals surface area contributed by atoms with E-state index < -0.39 is 0 Å². The number of hydrogen-bond donors (Lipinski definition) is 1. The van der Waals surface area contributed by atoms with E-state index in [2.05, 4.69) is 52.2 Å². The third-order valence-electron chi connectivity index (χ3n) is 3.34. The van der Waals surface area contributed by atoms with Gasteiger partial charge in [-0.1, -0.05) is 51.8 Å². The second-order valence-corrected chi connectivity index (χ2v) is 6.04. The molecule has 0 atom stereocenters. The smallest absolute Gasteiger partial charge is 0.115 e. The van der Waals surface area contributed by atoms with E-state index in [9.17, 15) is 0 Å². The molecule has 0 unspecified atom stereocenters. The van der Waals surface area contributed by atoms with Crippen LogP contribution >= 0.6 is 15.9 Å². The van der Waals surface area contributed by atoms with E-state index in [0.29, 0.717) is 12.2 Å². The highest BCUT2D eigenvalue weighted by Gasteiger charge is 2.09. The maximum atomic E-state index is 6.11. The van der Waals surface area contributed by atoms with Crippen LogP contribution in [-0.2, 0) is 6.54 Å². The number of benzene rings is 2. The van der Waals surface area contributed by atoms with Gasteiger partial charge in [0.15, 0.2) is 0 Å². The molecule has 0 aliphatic carbocycles. The average Bonchev–Trinajstić information content (AvgIpc) is 2.82. The minimum Gasteiger partial charge on any atom is -0.396 e. The molecule has 21 heavy (non-hydrogen) atoms. The number of nitrogen functional groups attached to an aromatic ring is 1. The van der Waals surface area contributed by atoms with E-state index in [-0.39, 0.29) is 0 Å². The molecule has 2 N–H and O–H groups in total. The van der Waals surface area contributed by atoms with E-state index in [1.165, 1.54) is 11.1 Å². The van der Waals surface area contributed by atoms with Gasteiger partial charge in [-0.2, -0.15) is 5.10 Å². The van der Waals surface area contributed by atoms with Crippen molar-refractivity contribution in [2.45, 2.75) is 13.5 Å². The highest BCUT2D eigenvalue weighted by molar-refractivity contribution is 9.10. The first-order valence-corrected chi connectivity index (χ1v) is 7.55. The van der Waals surface area contributed by atoms with E-state index in [4.69, 9.17) is 5.73 Å². The molecule has 0 spiro atoms. The summed E-state index contributed by atoms with van der Waals surface area (Å²) in [5, 5.41) is 4.62. The fraction of sp³-hybridized carbons (Fsp3) is 0.118. The Morgan fingerprint density at radius 1 is 1.14 bits per heavy atom. The lowest BCUT2D eigenvalue weighted by atomic mass is 10.1. The van der Waals surface area contributed by atoms with Crippen LogP contribution in [0.5, 0.6) is 0 Å². The molecule has 2 aromatic carbocycles. The zero-order chi connectivity index (χ0) is 14.8. The summed E-state index contributed by atoms with van der Waals surface area (Å²) >= 11 is 3.44. The Morgan fingerprint density at radius 3 is 2.62 bits per heavy atom. The summed E-state index contributed by atoms with van der Waals surface area (Å²) in [4.78, 5) is 0. The molecule has 0 saturated carbocycles. The Balaban J connectivity index is 1.89. The van der Waals surface area contributed by atoms with Crippen molar-refractivity contribution in [3.8, 4) is 11.3 Å². The maximum absolute atomic E-state index is 6.11. The largest absolute Gasteiger partial charge is 0.396 e. The van der Waals surface area contributed by atoms with Crippen molar-refractivity contribution in [2.24, 2.45) is 0 Å². The number of halogens is 1. The third kappa shape index (κ3) is 3.16. The van der Waals surface area contributed by atoms with Crippen LogP contribution in [0, 0.1) is 6.92 Å². The molecule has 0 radical (unpaired) electrons. The van der Waals surface area contributed by atoms with Crippen molar-refractivity contribution < 1.29 is 0 Å². The summed E-state index contributed by atoms with van der Waals surface area (Å²) in [5.41, 5.74) is 11.1. The predicted octanol–water partition coefficient (Wildman–Crippen LogP) is 4.25. The highest BCUT2D eigenvalue weighted by atomic mass is 79.9. The Bertz CT molecular complexity index is 760. The van der Waals surface area contributed by atoms with Gasteiger partial charge in [-0.05, 0) is 30.7 Å². The Hall–Kier alpha value is -2.07. The second kappa shape index (κ2) is 5.74. The summed E-state index contributed by atoms with van der Waals surface area (Å²) in [5.74, 6) is 0. The number of hydrogen-bond acceptors (Lipinski definition) is 2. The topological polar surface area (TPSA) is 43.8 Å². The third-order valence-corrected chi connectivity index (χ3v) is 3.87. The Kier molecular flexibility index (Phi) is 3.80. The average molecular weight is 342 g/mol. The zero-order valence-corrected chi connectivity index (χ0v) is 13.3. The minimum atomic E-state index is 0.706. The van der Waals surface area contributed by atoms with Gasteiger partial charge in [-0.25, -0.2) is 0 Å². The Morgan fingerprint density at radius 2 is 1.90 bits per heavy atom. The minimum absolute atomic E-state index is 0.706. The van der Waals surface area contributed by atoms with Gasteiger partial charge in [0.25, 0.3) is 0 Å². The van der Waals surface area contributed by atoms with Crippen LogP contribution in [0.25, 0.3) is 11.3 Å². The first-order chi connectivity index (χ1) is 10.1. The van der Waals surface area contributed by atoms with Crippen LogP contribution in [-0.4, -0.2) is 9.78 Å². The van der Waals surface area contributed by atoms with Crippen LogP contribution in [0.2, 0.25) is 0 Å². The molecule has 0 amide bonds. The molecular weight excluding hydrogens is 326 g/mol. The van der Waals surface area contributed by atoms with E-state index in [1.54, 1.807) is 0 Å². The van der Waals surface area contributed by atoms with Crippen molar-refractivity contribution in [3.05, 3.63) is 70.3 Å². The molecule has 3 nitrogen and oxygen atoms in total. The molecule has 1 aromatic heterocycles. The van der Waals surface area contributed by atoms with Crippen molar-refractivity contribution in [1.29, 1.82) is 0 Å². The van der Waals surface area contributed by atoms with Crippen molar-refractivity contribution in [1.82, 2.24) is 9.78 Å². The van der Waals surface area contributed by atoms with E-state index in [1.807, 2.05) is 35.1 Å². The van der Waals surface area contributed by atoms with Crippen molar-refractivity contribution in [2.75, 3.05) is 5.73 Å². The molecule has 4 heteroatoms. The van der Waals surface area contributed by atoms with Crippen LogP contribution in [0.4, 0.5) is 5.69 Å². The molecule has 3 rings (SSSR count). The quantitative estimate of drug-likeness (QED) is 0.773. The molecular formula is C17H16BrN3. The molecule has 3 aromatic rings. The molecule has 0 aliphatic rings. The molecule has 0 aliphatic heterocycles. The summed E-state index contributed by atoms with van der Waals surface area (Å²) < 4.78 is 2.96. The fourth-order valence-corrected chi connectivity index (χ4v) is 2.58. The predicted molar refractivity (Wildman–Crippen MR) is 90.1 cm³/mol. The van der Waals surface area contributed by atoms with E-state index >= 15 is 0 Å². The standard InChI is InChI=1S/C17H16BrN3/c1-12-3-2-4-14(9-12)17-16(19)11-21(20-17)10-13-5-7-15(18)8-6-13/h2-9,11H,10,19H2,1H3. The summed E-state index contributed by atoms with van der Waals surface area (Å²) in [6.07, 6.45) is 1.89. The van der Waals surface area contributed by atoms with Gasteiger partial charge in [-0.3, -0.25) is 4.68 Å². The summed E-state index contributed by atoms with van der Waals surface area (Å²) in [6, 6.07) is 16.4. The molecule has 1 heterocycles. The maximum Gasteiger partial charge on any atom is 0.115 e. The van der Waals surface area contributed by atoms with Gasteiger partial charge in [0.2, 0.25) is 0 Å². The second-order valence-electron chi connectivity index (χ2n) is 5.13. The monoisotopic (exact) mass is 341 g/mol. The van der Waals surface area contributed by atoms with Crippen molar-refractivity contribution in [3.63, 3.8) is 0 Å². The lowest BCUT2D eigenvalue weighted by molar-refractivity contribution is 0.689. The fourth-order valence-electron chi connectivity index (χ4n) is 2.31. The first kappa shape index (κ1) is 13.9. The lowest BCUT2D eigenvalue weighted by Gasteiger charge is -2.02. The number of aryl methyl sites for hydroxylation is 1. The molecule has 0 saturated heterocycles.